The lowest BCUT2D eigenvalue weighted by molar-refractivity contribution is 0.0693. The maximum absolute atomic E-state index is 12.7. The Kier molecular flexibility index (Phi) is 3.64. The summed E-state index contributed by atoms with van der Waals surface area (Å²) in [7, 11) is 1.45. The number of carbonyl (C=O) groups is 3. The van der Waals surface area contributed by atoms with E-state index in [9.17, 15) is 14.4 Å². The highest BCUT2D eigenvalue weighted by atomic mass is 16.2. The normalized spacial score (nSPS) is 17.4. The number of benzene rings is 2. The summed E-state index contributed by atoms with van der Waals surface area (Å²) in [6.45, 7) is 0. The van der Waals surface area contributed by atoms with Crippen LogP contribution in [0.3, 0.4) is 0 Å². The summed E-state index contributed by atoms with van der Waals surface area (Å²) in [6.07, 6.45) is 2.20. The Morgan fingerprint density at radius 1 is 1.04 bits per heavy atom. The highest BCUT2D eigenvalue weighted by Gasteiger charge is 2.35. The highest BCUT2D eigenvalue weighted by molar-refractivity contribution is 6.21. The van der Waals surface area contributed by atoms with Crippen molar-refractivity contribution < 1.29 is 14.4 Å². The molecule has 3 amide bonds. The van der Waals surface area contributed by atoms with Crippen molar-refractivity contribution in [2.45, 2.75) is 18.9 Å². The Bertz CT molecular complexity index is 872. The van der Waals surface area contributed by atoms with Crippen molar-refractivity contribution in [2.75, 3.05) is 7.05 Å². The molecule has 1 saturated carbocycles. The minimum atomic E-state index is -0.364. The fourth-order valence-corrected chi connectivity index (χ4v) is 3.29. The average molecular weight is 334 g/mol. The molecule has 1 aliphatic carbocycles. The molecule has 0 saturated heterocycles. The van der Waals surface area contributed by atoms with Gasteiger partial charge in [0.1, 0.15) is 0 Å². The second-order valence-corrected chi connectivity index (χ2v) is 6.63. The summed E-state index contributed by atoms with van der Waals surface area (Å²) < 4.78 is 0. The highest BCUT2D eigenvalue weighted by Crippen LogP contribution is 2.41. The average Bonchev–Trinajstić information content (AvgIpc) is 3.46. The second kappa shape index (κ2) is 5.84. The van der Waals surface area contributed by atoms with E-state index >= 15 is 0 Å². The maximum atomic E-state index is 12.7. The molecule has 0 aromatic heterocycles. The third kappa shape index (κ3) is 2.71. The van der Waals surface area contributed by atoms with Gasteiger partial charge in [0.2, 0.25) is 0 Å². The SMILES string of the molecule is CN1C(=O)c2ccc(C(=O)NC(c3ccccc3)C3CC3)cc2C1=O. The van der Waals surface area contributed by atoms with E-state index in [4.69, 9.17) is 0 Å². The van der Waals surface area contributed by atoms with Gasteiger partial charge in [0.05, 0.1) is 17.2 Å². The van der Waals surface area contributed by atoms with Crippen molar-refractivity contribution in [2.24, 2.45) is 5.92 Å². The monoisotopic (exact) mass is 334 g/mol. The number of nitrogens with one attached hydrogen (secondary N) is 1. The Hall–Kier alpha value is -2.95. The van der Waals surface area contributed by atoms with Gasteiger partial charge in [0, 0.05) is 12.6 Å². The van der Waals surface area contributed by atoms with Crippen LogP contribution in [0.4, 0.5) is 0 Å². The van der Waals surface area contributed by atoms with Crippen molar-refractivity contribution in [1.29, 1.82) is 0 Å². The summed E-state index contributed by atoms with van der Waals surface area (Å²) in [5.74, 6) is -0.461. The fraction of sp³-hybridized carbons (Fsp3) is 0.250. The van der Waals surface area contributed by atoms with Gasteiger partial charge in [-0.2, -0.15) is 0 Å². The third-order valence-electron chi connectivity index (χ3n) is 4.89. The third-order valence-corrected chi connectivity index (χ3v) is 4.89. The molecule has 5 heteroatoms. The largest absolute Gasteiger partial charge is 0.345 e. The standard InChI is InChI=1S/C20H18N2O3/c1-22-19(24)15-10-9-14(11-16(15)20(22)25)18(23)21-17(13-7-8-13)12-5-3-2-4-6-12/h2-6,9-11,13,17H,7-8H2,1H3,(H,21,23). The minimum absolute atomic E-state index is 0.0260. The van der Waals surface area contributed by atoms with Crippen LogP contribution in [0.25, 0.3) is 0 Å². The Morgan fingerprint density at radius 2 is 1.72 bits per heavy atom. The minimum Gasteiger partial charge on any atom is -0.345 e. The van der Waals surface area contributed by atoms with Crippen LogP contribution < -0.4 is 5.32 Å². The van der Waals surface area contributed by atoms with Gasteiger partial charge in [-0.15, -0.1) is 0 Å². The van der Waals surface area contributed by atoms with Crippen LogP contribution in [-0.4, -0.2) is 29.7 Å². The molecule has 2 aromatic rings. The van der Waals surface area contributed by atoms with E-state index in [0.717, 1.165) is 23.3 Å². The molecular formula is C20H18N2O3. The summed E-state index contributed by atoms with van der Waals surface area (Å²) in [5.41, 5.74) is 2.14. The van der Waals surface area contributed by atoms with Gasteiger partial charge in [-0.05, 0) is 42.5 Å². The summed E-state index contributed by atoms with van der Waals surface area (Å²) in [6, 6.07) is 14.6. The van der Waals surface area contributed by atoms with E-state index in [1.165, 1.54) is 13.1 Å². The van der Waals surface area contributed by atoms with E-state index in [1.54, 1.807) is 12.1 Å². The molecule has 0 bridgehead atoms. The molecule has 1 atom stereocenters. The summed E-state index contributed by atoms with van der Waals surface area (Å²) in [4.78, 5) is 37.9. The van der Waals surface area contributed by atoms with E-state index in [0.29, 0.717) is 22.6 Å². The molecule has 0 radical (unpaired) electrons. The molecule has 2 aromatic carbocycles. The molecule has 1 heterocycles. The number of carbonyl (C=O) groups excluding carboxylic acids is 3. The van der Waals surface area contributed by atoms with Crippen LogP contribution in [-0.2, 0) is 0 Å². The summed E-state index contributed by atoms with van der Waals surface area (Å²) >= 11 is 0. The van der Waals surface area contributed by atoms with Crippen LogP contribution in [0.15, 0.2) is 48.5 Å². The van der Waals surface area contributed by atoms with E-state index in [2.05, 4.69) is 5.32 Å². The molecule has 4 rings (SSSR count). The van der Waals surface area contributed by atoms with Crippen LogP contribution in [0.2, 0.25) is 0 Å². The first-order valence-electron chi connectivity index (χ1n) is 8.38. The number of fused-ring (bicyclic) bond motifs is 1. The lowest BCUT2D eigenvalue weighted by Gasteiger charge is -2.19. The van der Waals surface area contributed by atoms with Gasteiger partial charge >= 0.3 is 0 Å². The number of rotatable bonds is 4. The number of hydrogen-bond donors (Lipinski definition) is 1. The van der Waals surface area contributed by atoms with Gasteiger partial charge in [-0.1, -0.05) is 30.3 Å². The Morgan fingerprint density at radius 3 is 2.40 bits per heavy atom. The molecule has 1 fully saturated rings. The topological polar surface area (TPSA) is 66.5 Å². The molecule has 2 aliphatic rings. The van der Waals surface area contributed by atoms with Gasteiger partial charge in [-0.25, -0.2) is 0 Å². The Labute approximate surface area is 145 Å². The predicted octanol–water partition coefficient (Wildman–Crippen LogP) is 2.79. The number of imide groups is 1. The first-order valence-corrected chi connectivity index (χ1v) is 8.38. The van der Waals surface area contributed by atoms with Gasteiger partial charge in [0.25, 0.3) is 17.7 Å². The zero-order chi connectivity index (χ0) is 17.6. The Balaban J connectivity index is 1.59. The van der Waals surface area contributed by atoms with E-state index < -0.39 is 0 Å². The number of hydrogen-bond acceptors (Lipinski definition) is 3. The zero-order valence-electron chi connectivity index (χ0n) is 13.9. The first kappa shape index (κ1) is 15.6. The molecule has 0 spiro atoms. The molecule has 1 unspecified atom stereocenters. The van der Waals surface area contributed by atoms with Crippen molar-refractivity contribution >= 4 is 17.7 Å². The smallest absolute Gasteiger partial charge is 0.261 e. The molecule has 25 heavy (non-hydrogen) atoms. The van der Waals surface area contributed by atoms with Crippen molar-refractivity contribution in [3.63, 3.8) is 0 Å². The van der Waals surface area contributed by atoms with E-state index in [-0.39, 0.29) is 23.8 Å². The van der Waals surface area contributed by atoms with Gasteiger partial charge < -0.3 is 5.32 Å². The lowest BCUT2D eigenvalue weighted by atomic mass is 10.0. The second-order valence-electron chi connectivity index (χ2n) is 6.63. The molecule has 126 valence electrons. The number of nitrogens with zero attached hydrogens (tertiary/aromatic N) is 1. The van der Waals surface area contributed by atoms with Crippen LogP contribution >= 0.6 is 0 Å². The molecular weight excluding hydrogens is 316 g/mol. The fourth-order valence-electron chi connectivity index (χ4n) is 3.29. The van der Waals surface area contributed by atoms with Crippen LogP contribution in [0.1, 0.15) is 55.5 Å². The summed E-state index contributed by atoms with van der Waals surface area (Å²) in [5, 5.41) is 3.09. The lowest BCUT2D eigenvalue weighted by Crippen LogP contribution is -2.30. The van der Waals surface area contributed by atoms with Gasteiger partial charge in [-0.3, -0.25) is 19.3 Å². The molecule has 1 N–H and O–H groups in total. The first-order chi connectivity index (χ1) is 12.1. The zero-order valence-corrected chi connectivity index (χ0v) is 13.9. The van der Waals surface area contributed by atoms with Crippen molar-refractivity contribution in [3.8, 4) is 0 Å². The quantitative estimate of drug-likeness (QED) is 0.874. The van der Waals surface area contributed by atoms with E-state index in [1.807, 2.05) is 30.3 Å². The maximum Gasteiger partial charge on any atom is 0.261 e. The van der Waals surface area contributed by atoms with Crippen molar-refractivity contribution in [1.82, 2.24) is 10.2 Å². The van der Waals surface area contributed by atoms with Crippen LogP contribution in [0.5, 0.6) is 0 Å². The molecule has 5 nitrogen and oxygen atoms in total. The predicted molar refractivity (Wildman–Crippen MR) is 92.2 cm³/mol. The molecule has 1 aliphatic heterocycles. The van der Waals surface area contributed by atoms with Crippen molar-refractivity contribution in [3.05, 3.63) is 70.8 Å². The number of amides is 3. The van der Waals surface area contributed by atoms with Gasteiger partial charge in [0.15, 0.2) is 0 Å². The van der Waals surface area contributed by atoms with Crippen LogP contribution in [0, 0.1) is 5.92 Å².